The summed E-state index contributed by atoms with van der Waals surface area (Å²) in [6.45, 7) is 1.93. The smallest absolute Gasteiger partial charge is 0.272 e. The second kappa shape index (κ2) is 3.06. The van der Waals surface area contributed by atoms with E-state index in [9.17, 15) is 10.1 Å². The summed E-state index contributed by atoms with van der Waals surface area (Å²) in [5.41, 5.74) is 7.74. The lowest BCUT2D eigenvalue weighted by Crippen LogP contribution is -2.03. The minimum atomic E-state index is -0.334. The lowest BCUT2D eigenvalue weighted by Gasteiger charge is -2.02. The van der Waals surface area contributed by atoms with Gasteiger partial charge in [-0.15, -0.1) is 0 Å². The first kappa shape index (κ1) is 9.15. The molecule has 1 saturated carbocycles. The van der Waals surface area contributed by atoms with E-state index < -0.39 is 0 Å². The zero-order valence-corrected chi connectivity index (χ0v) is 7.93. The van der Waals surface area contributed by atoms with Crippen molar-refractivity contribution in [3.05, 3.63) is 39.4 Å². The Bertz CT molecular complexity index is 390. The SMILES string of the molecule is Cc1ccc([N+](=O)[O-])c([C@@H]2C[C@H]2N)c1. The third kappa shape index (κ3) is 1.48. The number of nitrogens with two attached hydrogens (primary N) is 1. The van der Waals surface area contributed by atoms with Crippen molar-refractivity contribution in [3.63, 3.8) is 0 Å². The molecule has 2 rings (SSSR count). The van der Waals surface area contributed by atoms with Crippen LogP contribution in [0, 0.1) is 17.0 Å². The summed E-state index contributed by atoms with van der Waals surface area (Å²) in [5.74, 6) is 0.190. The average molecular weight is 192 g/mol. The molecule has 0 amide bonds. The summed E-state index contributed by atoms with van der Waals surface area (Å²) >= 11 is 0. The van der Waals surface area contributed by atoms with E-state index in [0.29, 0.717) is 0 Å². The molecule has 0 saturated heterocycles. The first-order valence-corrected chi connectivity index (χ1v) is 4.60. The highest BCUT2D eigenvalue weighted by atomic mass is 16.6. The molecule has 1 fully saturated rings. The first-order valence-electron chi connectivity index (χ1n) is 4.60. The molecule has 74 valence electrons. The summed E-state index contributed by atoms with van der Waals surface area (Å²) in [4.78, 5) is 10.4. The molecule has 4 nitrogen and oxygen atoms in total. The lowest BCUT2D eigenvalue weighted by molar-refractivity contribution is -0.385. The first-order chi connectivity index (χ1) is 6.59. The Balaban J connectivity index is 2.44. The largest absolute Gasteiger partial charge is 0.327 e. The maximum Gasteiger partial charge on any atom is 0.272 e. The third-order valence-corrected chi connectivity index (χ3v) is 2.62. The highest BCUT2D eigenvalue weighted by Gasteiger charge is 2.39. The van der Waals surface area contributed by atoms with Gasteiger partial charge in [0.1, 0.15) is 0 Å². The maximum absolute atomic E-state index is 10.7. The topological polar surface area (TPSA) is 69.2 Å². The Hall–Kier alpha value is -1.42. The molecule has 1 aromatic rings. The predicted molar refractivity (Wildman–Crippen MR) is 53.2 cm³/mol. The molecule has 1 aromatic carbocycles. The van der Waals surface area contributed by atoms with E-state index in [4.69, 9.17) is 5.73 Å². The van der Waals surface area contributed by atoms with Crippen LogP contribution in [0.15, 0.2) is 18.2 Å². The standard InChI is InChI=1S/C10H12N2O2/c1-6-2-3-10(12(13)14)8(4-6)7-5-9(7)11/h2-4,7,9H,5,11H2,1H3/t7-,9+/m0/s1. The maximum atomic E-state index is 10.7. The van der Waals surface area contributed by atoms with Gasteiger partial charge in [0, 0.05) is 23.6 Å². The fourth-order valence-corrected chi connectivity index (χ4v) is 1.71. The van der Waals surface area contributed by atoms with Crippen LogP contribution in [0.2, 0.25) is 0 Å². The summed E-state index contributed by atoms with van der Waals surface area (Å²) in [6, 6.07) is 5.30. The molecule has 0 spiro atoms. The summed E-state index contributed by atoms with van der Waals surface area (Å²) < 4.78 is 0. The van der Waals surface area contributed by atoms with Gasteiger partial charge in [-0.05, 0) is 19.4 Å². The number of benzene rings is 1. The van der Waals surface area contributed by atoms with Gasteiger partial charge in [-0.2, -0.15) is 0 Å². The lowest BCUT2D eigenvalue weighted by atomic mass is 10.1. The monoisotopic (exact) mass is 192 g/mol. The highest BCUT2D eigenvalue weighted by molar-refractivity contribution is 5.47. The molecular weight excluding hydrogens is 180 g/mol. The van der Waals surface area contributed by atoms with Crippen LogP contribution in [0.3, 0.4) is 0 Å². The molecule has 0 unspecified atom stereocenters. The average Bonchev–Trinajstić information content (AvgIpc) is 2.82. The van der Waals surface area contributed by atoms with Gasteiger partial charge in [0.2, 0.25) is 0 Å². The zero-order chi connectivity index (χ0) is 10.3. The van der Waals surface area contributed by atoms with Crippen molar-refractivity contribution in [2.45, 2.75) is 25.3 Å². The number of nitrogens with zero attached hydrogens (tertiary/aromatic N) is 1. The fourth-order valence-electron chi connectivity index (χ4n) is 1.71. The van der Waals surface area contributed by atoms with Gasteiger partial charge < -0.3 is 5.73 Å². The molecular formula is C10H12N2O2. The highest BCUT2D eigenvalue weighted by Crippen LogP contribution is 2.43. The van der Waals surface area contributed by atoms with E-state index in [2.05, 4.69) is 0 Å². The Labute approximate surface area is 81.9 Å². The van der Waals surface area contributed by atoms with Crippen molar-refractivity contribution in [3.8, 4) is 0 Å². The van der Waals surface area contributed by atoms with Gasteiger partial charge in [-0.1, -0.05) is 11.6 Å². The summed E-state index contributed by atoms with van der Waals surface area (Å²) in [6.07, 6.45) is 0.865. The second-order valence-corrected chi connectivity index (χ2v) is 3.83. The van der Waals surface area contributed by atoms with Gasteiger partial charge in [0.25, 0.3) is 5.69 Å². The molecule has 0 aliphatic heterocycles. The molecule has 0 bridgehead atoms. The van der Waals surface area contributed by atoms with Crippen LogP contribution in [-0.4, -0.2) is 11.0 Å². The molecule has 2 atom stereocenters. The number of nitro groups is 1. The minimum absolute atomic E-state index is 0.107. The van der Waals surface area contributed by atoms with E-state index in [0.717, 1.165) is 17.5 Å². The van der Waals surface area contributed by atoms with Crippen molar-refractivity contribution in [2.24, 2.45) is 5.73 Å². The Morgan fingerprint density at radius 3 is 2.71 bits per heavy atom. The van der Waals surface area contributed by atoms with Gasteiger partial charge in [-0.3, -0.25) is 10.1 Å². The van der Waals surface area contributed by atoms with E-state index in [1.807, 2.05) is 13.0 Å². The normalized spacial score (nSPS) is 24.7. The molecule has 1 aliphatic carbocycles. The van der Waals surface area contributed by atoms with Gasteiger partial charge in [0.15, 0.2) is 0 Å². The van der Waals surface area contributed by atoms with Crippen LogP contribution in [-0.2, 0) is 0 Å². The Morgan fingerprint density at radius 2 is 2.21 bits per heavy atom. The zero-order valence-electron chi connectivity index (χ0n) is 7.93. The van der Waals surface area contributed by atoms with Crippen LogP contribution in [0.1, 0.15) is 23.5 Å². The second-order valence-electron chi connectivity index (χ2n) is 3.83. The summed E-state index contributed by atoms with van der Waals surface area (Å²) in [5, 5.41) is 10.7. The van der Waals surface area contributed by atoms with Crippen LogP contribution in [0.5, 0.6) is 0 Å². The predicted octanol–water partition coefficient (Wildman–Crippen LogP) is 1.72. The molecule has 0 heterocycles. The number of hydrogen-bond acceptors (Lipinski definition) is 3. The molecule has 2 N–H and O–H groups in total. The Kier molecular flexibility index (Phi) is 2.00. The number of rotatable bonds is 2. The summed E-state index contributed by atoms with van der Waals surface area (Å²) in [7, 11) is 0. The molecule has 0 aromatic heterocycles. The number of nitro benzene ring substituents is 1. The van der Waals surface area contributed by atoms with Crippen molar-refractivity contribution in [1.82, 2.24) is 0 Å². The van der Waals surface area contributed by atoms with Crippen molar-refractivity contribution < 1.29 is 4.92 Å². The molecule has 0 radical (unpaired) electrons. The van der Waals surface area contributed by atoms with E-state index in [1.165, 1.54) is 0 Å². The van der Waals surface area contributed by atoms with Gasteiger partial charge >= 0.3 is 0 Å². The number of hydrogen-bond donors (Lipinski definition) is 1. The Morgan fingerprint density at radius 1 is 1.57 bits per heavy atom. The molecule has 4 heteroatoms. The van der Waals surface area contributed by atoms with Gasteiger partial charge in [0.05, 0.1) is 4.92 Å². The van der Waals surface area contributed by atoms with Crippen LogP contribution >= 0.6 is 0 Å². The van der Waals surface area contributed by atoms with E-state index in [-0.39, 0.29) is 22.6 Å². The fraction of sp³-hybridized carbons (Fsp3) is 0.400. The third-order valence-electron chi connectivity index (χ3n) is 2.62. The minimum Gasteiger partial charge on any atom is -0.327 e. The van der Waals surface area contributed by atoms with E-state index >= 15 is 0 Å². The van der Waals surface area contributed by atoms with Crippen LogP contribution in [0.4, 0.5) is 5.69 Å². The van der Waals surface area contributed by atoms with Crippen molar-refractivity contribution >= 4 is 5.69 Å². The van der Waals surface area contributed by atoms with E-state index in [1.54, 1.807) is 12.1 Å². The number of aryl methyl sites for hydroxylation is 1. The van der Waals surface area contributed by atoms with Gasteiger partial charge in [-0.25, -0.2) is 0 Å². The molecule has 14 heavy (non-hydrogen) atoms. The quantitative estimate of drug-likeness (QED) is 0.573. The van der Waals surface area contributed by atoms with Crippen LogP contribution < -0.4 is 5.73 Å². The van der Waals surface area contributed by atoms with Crippen LogP contribution in [0.25, 0.3) is 0 Å². The van der Waals surface area contributed by atoms with Crippen molar-refractivity contribution in [2.75, 3.05) is 0 Å². The molecule has 1 aliphatic rings. The van der Waals surface area contributed by atoms with Crippen molar-refractivity contribution in [1.29, 1.82) is 0 Å².